The summed E-state index contributed by atoms with van der Waals surface area (Å²) in [6.07, 6.45) is 2.12. The zero-order valence-corrected chi connectivity index (χ0v) is 4.46. The molecule has 1 nitrogen and oxygen atoms in total. The molecule has 0 aromatic heterocycles. The Hall–Kier alpha value is -0.330. The number of aliphatic imine (C=N–C) groups is 1. The first-order valence-electron chi connectivity index (χ1n) is 2.89. The van der Waals surface area contributed by atoms with E-state index in [-0.39, 0.29) is 0 Å². The normalized spacial score (nSPS) is 54.7. The smallest absolute Gasteiger partial charge is 0.0422 e. The molecule has 0 spiro atoms. The van der Waals surface area contributed by atoms with E-state index in [1.165, 1.54) is 0 Å². The van der Waals surface area contributed by atoms with E-state index in [4.69, 9.17) is 0 Å². The molecule has 1 saturated carbocycles. The molecule has 0 N–H and O–H groups in total. The fourth-order valence-corrected chi connectivity index (χ4v) is 1.42. The molecule has 2 rings (SSSR count). The minimum atomic E-state index is 0.889. The van der Waals surface area contributed by atoms with Gasteiger partial charge in [-0.05, 0) is 11.8 Å². The zero-order chi connectivity index (χ0) is 4.85. The van der Waals surface area contributed by atoms with Crippen LogP contribution in [0.2, 0.25) is 0 Å². The van der Waals surface area contributed by atoms with Crippen LogP contribution in [-0.4, -0.2) is 12.8 Å². The predicted octanol–water partition coefficient (Wildman–Crippen LogP) is 0.953. The number of fused-ring (bicyclic) bond motifs is 1. The summed E-state index contributed by atoms with van der Waals surface area (Å²) >= 11 is 0. The second kappa shape index (κ2) is 0.908. The lowest BCUT2D eigenvalue weighted by molar-refractivity contribution is 0.768. The molecule has 1 heterocycles. The summed E-state index contributed by atoms with van der Waals surface area (Å²) in [5, 5.41) is 0. The van der Waals surface area contributed by atoms with Crippen molar-refractivity contribution in [2.24, 2.45) is 22.7 Å². The van der Waals surface area contributed by atoms with Gasteiger partial charge in [0.15, 0.2) is 0 Å². The number of hydrogen-bond donors (Lipinski definition) is 0. The summed E-state index contributed by atoms with van der Waals surface area (Å²) in [5.41, 5.74) is 0. The van der Waals surface area contributed by atoms with Crippen molar-refractivity contribution >= 4 is 6.21 Å². The minimum Gasteiger partial charge on any atom is -0.297 e. The third kappa shape index (κ3) is 0.311. The van der Waals surface area contributed by atoms with Crippen LogP contribution in [0.4, 0.5) is 0 Å². The lowest BCUT2D eigenvalue weighted by atomic mass is 10.3. The Kier molecular flexibility index (Phi) is 0.473. The molecule has 3 unspecified atom stereocenters. The Balaban J connectivity index is 2.18. The van der Waals surface area contributed by atoms with Crippen molar-refractivity contribution in [3.05, 3.63) is 0 Å². The Bertz CT molecular complexity index is 117. The van der Waals surface area contributed by atoms with Gasteiger partial charge in [-0.3, -0.25) is 4.99 Å². The SMILES string of the molecule is CC1C2C=NCC12. The minimum absolute atomic E-state index is 0.889. The molecule has 0 radical (unpaired) electrons. The van der Waals surface area contributed by atoms with Gasteiger partial charge in [0.05, 0.1) is 0 Å². The largest absolute Gasteiger partial charge is 0.297 e. The molecule has 0 amide bonds. The van der Waals surface area contributed by atoms with Crippen LogP contribution in [0.15, 0.2) is 4.99 Å². The number of rotatable bonds is 0. The summed E-state index contributed by atoms with van der Waals surface area (Å²) in [6.45, 7) is 3.42. The molecule has 1 aliphatic heterocycles. The molecule has 0 aromatic carbocycles. The molecule has 0 bridgehead atoms. The average molecular weight is 95.1 g/mol. The standard InChI is InChI=1S/C6H9N/c1-4-5-2-7-3-6(4)5/h2,4-6H,3H2,1H3. The van der Waals surface area contributed by atoms with Gasteiger partial charge in [0.1, 0.15) is 0 Å². The topological polar surface area (TPSA) is 12.4 Å². The van der Waals surface area contributed by atoms with Gasteiger partial charge in [-0.1, -0.05) is 6.92 Å². The van der Waals surface area contributed by atoms with Gasteiger partial charge in [-0.15, -0.1) is 0 Å². The van der Waals surface area contributed by atoms with Crippen molar-refractivity contribution in [2.75, 3.05) is 6.54 Å². The summed E-state index contributed by atoms with van der Waals surface area (Å²) in [7, 11) is 0. The van der Waals surface area contributed by atoms with Gasteiger partial charge in [-0.25, -0.2) is 0 Å². The van der Waals surface area contributed by atoms with Crippen LogP contribution in [0, 0.1) is 17.8 Å². The molecular formula is C6H9N. The highest BCUT2D eigenvalue weighted by atomic mass is 14.8. The van der Waals surface area contributed by atoms with Crippen molar-refractivity contribution in [1.82, 2.24) is 0 Å². The van der Waals surface area contributed by atoms with E-state index in [1.807, 2.05) is 0 Å². The Morgan fingerprint density at radius 1 is 1.71 bits per heavy atom. The first kappa shape index (κ1) is 3.65. The van der Waals surface area contributed by atoms with Crippen LogP contribution in [0.3, 0.4) is 0 Å². The average Bonchev–Trinajstić information content (AvgIpc) is 2.26. The molecule has 1 aliphatic carbocycles. The van der Waals surface area contributed by atoms with Gasteiger partial charge in [0.2, 0.25) is 0 Å². The van der Waals surface area contributed by atoms with Crippen LogP contribution in [-0.2, 0) is 0 Å². The van der Waals surface area contributed by atoms with Crippen LogP contribution in [0.25, 0.3) is 0 Å². The lowest BCUT2D eigenvalue weighted by Crippen LogP contribution is -1.80. The highest BCUT2D eigenvalue weighted by molar-refractivity contribution is 5.68. The summed E-state index contributed by atoms with van der Waals surface area (Å²) in [5.74, 6) is 2.82. The molecule has 3 atom stereocenters. The Labute approximate surface area is 43.4 Å². The fraction of sp³-hybridized carbons (Fsp3) is 0.833. The molecule has 1 fully saturated rings. The van der Waals surface area contributed by atoms with E-state index in [2.05, 4.69) is 18.1 Å². The van der Waals surface area contributed by atoms with E-state index in [1.54, 1.807) is 0 Å². The van der Waals surface area contributed by atoms with Crippen molar-refractivity contribution in [1.29, 1.82) is 0 Å². The van der Waals surface area contributed by atoms with Gasteiger partial charge < -0.3 is 0 Å². The summed E-state index contributed by atoms with van der Waals surface area (Å²) < 4.78 is 0. The van der Waals surface area contributed by atoms with Crippen LogP contribution in [0.5, 0.6) is 0 Å². The van der Waals surface area contributed by atoms with E-state index in [0.717, 1.165) is 24.3 Å². The molecule has 1 heteroatoms. The van der Waals surface area contributed by atoms with Crippen LogP contribution in [0.1, 0.15) is 6.92 Å². The van der Waals surface area contributed by atoms with Crippen LogP contribution >= 0.6 is 0 Å². The van der Waals surface area contributed by atoms with Gasteiger partial charge in [0, 0.05) is 18.7 Å². The summed E-state index contributed by atoms with van der Waals surface area (Å²) in [6, 6.07) is 0. The van der Waals surface area contributed by atoms with Crippen molar-refractivity contribution in [3.63, 3.8) is 0 Å². The maximum absolute atomic E-state index is 4.14. The quantitative estimate of drug-likeness (QED) is 0.425. The third-order valence-corrected chi connectivity index (χ3v) is 2.23. The number of nitrogens with zero attached hydrogens (tertiary/aromatic N) is 1. The predicted molar refractivity (Wildman–Crippen MR) is 29.5 cm³/mol. The molecule has 38 valence electrons. The maximum atomic E-state index is 4.14. The van der Waals surface area contributed by atoms with Gasteiger partial charge in [0.25, 0.3) is 0 Å². The fourth-order valence-electron chi connectivity index (χ4n) is 1.42. The lowest BCUT2D eigenvalue weighted by Gasteiger charge is -1.82. The maximum Gasteiger partial charge on any atom is 0.0422 e. The molecule has 0 saturated heterocycles. The molecular weight excluding hydrogens is 86.1 g/mol. The Morgan fingerprint density at radius 3 is 2.86 bits per heavy atom. The van der Waals surface area contributed by atoms with E-state index in [9.17, 15) is 0 Å². The van der Waals surface area contributed by atoms with E-state index >= 15 is 0 Å². The first-order chi connectivity index (χ1) is 3.39. The zero-order valence-electron chi connectivity index (χ0n) is 4.46. The second-order valence-corrected chi connectivity index (χ2v) is 2.61. The highest BCUT2D eigenvalue weighted by Gasteiger charge is 2.47. The monoisotopic (exact) mass is 95.1 g/mol. The van der Waals surface area contributed by atoms with Gasteiger partial charge >= 0.3 is 0 Å². The summed E-state index contributed by atoms with van der Waals surface area (Å²) in [4.78, 5) is 4.14. The van der Waals surface area contributed by atoms with E-state index in [0.29, 0.717) is 0 Å². The van der Waals surface area contributed by atoms with E-state index < -0.39 is 0 Å². The second-order valence-electron chi connectivity index (χ2n) is 2.61. The van der Waals surface area contributed by atoms with Crippen molar-refractivity contribution in [3.8, 4) is 0 Å². The molecule has 0 aromatic rings. The van der Waals surface area contributed by atoms with Crippen molar-refractivity contribution in [2.45, 2.75) is 6.92 Å². The Morgan fingerprint density at radius 2 is 2.57 bits per heavy atom. The first-order valence-corrected chi connectivity index (χ1v) is 2.89. The molecule has 2 aliphatic rings. The van der Waals surface area contributed by atoms with Gasteiger partial charge in [-0.2, -0.15) is 0 Å². The van der Waals surface area contributed by atoms with Crippen molar-refractivity contribution < 1.29 is 0 Å². The highest BCUT2D eigenvalue weighted by Crippen LogP contribution is 2.47. The molecule has 7 heavy (non-hydrogen) atoms. The number of hydrogen-bond acceptors (Lipinski definition) is 1. The van der Waals surface area contributed by atoms with Crippen LogP contribution < -0.4 is 0 Å². The third-order valence-electron chi connectivity index (χ3n) is 2.23.